The SMILES string of the molecule is CC(C)(Oc1ccc(Cl)cc1)C(=O)N1CCN(C(=O)[C@H]2C[C@H]2c2ccc(F)cc2)CC1. The summed E-state index contributed by atoms with van der Waals surface area (Å²) >= 11 is 5.91. The number of halogens is 2. The Bertz CT molecular complexity index is 954. The van der Waals surface area contributed by atoms with E-state index < -0.39 is 5.60 Å². The topological polar surface area (TPSA) is 49.9 Å². The normalized spacial score (nSPS) is 21.0. The largest absolute Gasteiger partial charge is 0.478 e. The summed E-state index contributed by atoms with van der Waals surface area (Å²) in [6.45, 7) is 5.47. The van der Waals surface area contributed by atoms with E-state index in [4.69, 9.17) is 16.3 Å². The minimum Gasteiger partial charge on any atom is -0.478 e. The number of ether oxygens (including phenoxy) is 1. The molecule has 1 heterocycles. The lowest BCUT2D eigenvalue weighted by Crippen LogP contribution is -2.56. The van der Waals surface area contributed by atoms with Crippen molar-refractivity contribution in [2.45, 2.75) is 31.8 Å². The van der Waals surface area contributed by atoms with E-state index >= 15 is 0 Å². The van der Waals surface area contributed by atoms with E-state index in [1.54, 1.807) is 55.1 Å². The van der Waals surface area contributed by atoms with E-state index in [1.807, 2.05) is 4.90 Å². The van der Waals surface area contributed by atoms with Crippen molar-refractivity contribution in [3.8, 4) is 5.75 Å². The zero-order chi connectivity index (χ0) is 22.2. The van der Waals surface area contributed by atoms with Gasteiger partial charge in [0.15, 0.2) is 5.60 Å². The van der Waals surface area contributed by atoms with E-state index in [2.05, 4.69) is 0 Å². The third-order valence-electron chi connectivity index (χ3n) is 5.99. The van der Waals surface area contributed by atoms with Crippen LogP contribution < -0.4 is 4.74 Å². The number of hydrogen-bond acceptors (Lipinski definition) is 3. The van der Waals surface area contributed by atoms with Crippen molar-refractivity contribution in [3.63, 3.8) is 0 Å². The van der Waals surface area contributed by atoms with E-state index in [0.29, 0.717) is 37.0 Å². The predicted molar refractivity (Wildman–Crippen MR) is 117 cm³/mol. The molecule has 1 saturated carbocycles. The Morgan fingerprint density at radius 3 is 2.16 bits per heavy atom. The second-order valence-corrected chi connectivity index (χ2v) is 9.12. The molecule has 0 spiro atoms. The maximum Gasteiger partial charge on any atom is 0.266 e. The third kappa shape index (κ3) is 4.85. The molecule has 2 aliphatic rings. The maximum absolute atomic E-state index is 13.1. The summed E-state index contributed by atoms with van der Waals surface area (Å²) < 4.78 is 19.0. The third-order valence-corrected chi connectivity index (χ3v) is 6.24. The van der Waals surface area contributed by atoms with Gasteiger partial charge in [0.25, 0.3) is 5.91 Å². The highest BCUT2D eigenvalue weighted by Crippen LogP contribution is 2.48. The molecule has 31 heavy (non-hydrogen) atoms. The number of carbonyl (C=O) groups excluding carboxylic acids is 2. The summed E-state index contributed by atoms with van der Waals surface area (Å²) in [4.78, 5) is 29.5. The van der Waals surface area contributed by atoms with Crippen molar-refractivity contribution in [3.05, 3.63) is 64.9 Å². The molecule has 2 aromatic carbocycles. The summed E-state index contributed by atoms with van der Waals surface area (Å²) in [5.74, 6) is 0.452. The van der Waals surface area contributed by atoms with Gasteiger partial charge in [-0.15, -0.1) is 0 Å². The van der Waals surface area contributed by atoms with Crippen LogP contribution in [0.25, 0.3) is 0 Å². The monoisotopic (exact) mass is 444 g/mol. The van der Waals surface area contributed by atoms with Gasteiger partial charge in [-0.3, -0.25) is 9.59 Å². The van der Waals surface area contributed by atoms with Crippen LogP contribution >= 0.6 is 11.6 Å². The van der Waals surface area contributed by atoms with Gasteiger partial charge in [-0.1, -0.05) is 23.7 Å². The minimum absolute atomic E-state index is 0.0441. The molecule has 7 heteroatoms. The zero-order valence-electron chi connectivity index (χ0n) is 17.7. The van der Waals surface area contributed by atoms with Crippen molar-refractivity contribution >= 4 is 23.4 Å². The molecule has 0 bridgehead atoms. The average molecular weight is 445 g/mol. The van der Waals surface area contributed by atoms with E-state index in [-0.39, 0.29) is 29.5 Å². The smallest absolute Gasteiger partial charge is 0.266 e. The van der Waals surface area contributed by atoms with Crippen LogP contribution in [0.1, 0.15) is 31.7 Å². The highest BCUT2D eigenvalue weighted by Gasteiger charge is 2.46. The predicted octanol–water partition coefficient (Wildman–Crippen LogP) is 4.11. The second kappa shape index (κ2) is 8.50. The summed E-state index contributed by atoms with van der Waals surface area (Å²) in [7, 11) is 0. The lowest BCUT2D eigenvalue weighted by molar-refractivity contribution is -0.150. The highest BCUT2D eigenvalue weighted by atomic mass is 35.5. The fourth-order valence-electron chi connectivity index (χ4n) is 4.13. The van der Waals surface area contributed by atoms with Crippen LogP contribution in [0.3, 0.4) is 0 Å². The van der Waals surface area contributed by atoms with Crippen molar-refractivity contribution in [2.75, 3.05) is 26.2 Å². The first kappa shape index (κ1) is 21.6. The van der Waals surface area contributed by atoms with Crippen LogP contribution in [0.15, 0.2) is 48.5 Å². The molecule has 0 N–H and O–H groups in total. The first-order chi connectivity index (χ1) is 14.7. The number of piperazine rings is 1. The molecular weight excluding hydrogens is 419 g/mol. The van der Waals surface area contributed by atoms with Crippen LogP contribution in [0, 0.1) is 11.7 Å². The van der Waals surface area contributed by atoms with E-state index in [0.717, 1.165) is 12.0 Å². The van der Waals surface area contributed by atoms with Crippen LogP contribution in [-0.4, -0.2) is 53.4 Å². The summed E-state index contributed by atoms with van der Waals surface area (Å²) in [5.41, 5.74) is -0.0147. The van der Waals surface area contributed by atoms with Gasteiger partial charge in [-0.25, -0.2) is 4.39 Å². The first-order valence-corrected chi connectivity index (χ1v) is 10.9. The van der Waals surface area contributed by atoms with Gasteiger partial charge in [0, 0.05) is 37.1 Å². The van der Waals surface area contributed by atoms with E-state index in [1.165, 1.54) is 12.1 Å². The van der Waals surface area contributed by atoms with Gasteiger partial charge >= 0.3 is 0 Å². The Labute approximate surface area is 186 Å². The summed E-state index contributed by atoms with van der Waals surface area (Å²) in [6.07, 6.45) is 0.797. The fourth-order valence-corrected chi connectivity index (χ4v) is 4.26. The lowest BCUT2D eigenvalue weighted by Gasteiger charge is -2.38. The average Bonchev–Trinajstić information content (AvgIpc) is 3.56. The molecule has 4 rings (SSSR count). The van der Waals surface area contributed by atoms with Gasteiger partial charge in [0.2, 0.25) is 5.91 Å². The molecule has 2 fully saturated rings. The molecular formula is C24H26ClFN2O3. The van der Waals surface area contributed by atoms with Crippen LogP contribution in [0.4, 0.5) is 4.39 Å². The van der Waals surface area contributed by atoms with Crippen molar-refractivity contribution in [2.24, 2.45) is 5.92 Å². The van der Waals surface area contributed by atoms with Gasteiger partial charge in [-0.05, 0) is 68.1 Å². The molecule has 5 nitrogen and oxygen atoms in total. The Balaban J connectivity index is 1.30. The number of benzene rings is 2. The minimum atomic E-state index is -1.02. The van der Waals surface area contributed by atoms with Gasteiger partial charge in [-0.2, -0.15) is 0 Å². The van der Waals surface area contributed by atoms with Gasteiger partial charge in [0.1, 0.15) is 11.6 Å². The van der Waals surface area contributed by atoms with Crippen molar-refractivity contribution in [1.82, 2.24) is 9.80 Å². The van der Waals surface area contributed by atoms with Crippen molar-refractivity contribution in [1.29, 1.82) is 0 Å². The standard InChI is InChI=1S/C24H26ClFN2O3/c1-24(2,31-19-9-5-17(25)6-10-19)23(30)28-13-11-27(12-14-28)22(29)21-15-20(21)16-3-7-18(26)8-4-16/h3-10,20-21H,11-15H2,1-2H3/t20-,21-/m0/s1. The Morgan fingerprint density at radius 1 is 0.968 bits per heavy atom. The van der Waals surface area contributed by atoms with Crippen LogP contribution in [0.2, 0.25) is 5.02 Å². The quantitative estimate of drug-likeness (QED) is 0.697. The Hall–Kier alpha value is -2.60. The number of nitrogens with zero attached hydrogens (tertiary/aromatic N) is 2. The Morgan fingerprint density at radius 2 is 1.55 bits per heavy atom. The highest BCUT2D eigenvalue weighted by molar-refractivity contribution is 6.30. The lowest BCUT2D eigenvalue weighted by atomic mass is 10.1. The molecule has 0 unspecified atom stereocenters. The molecule has 0 aromatic heterocycles. The number of carbonyl (C=O) groups is 2. The second-order valence-electron chi connectivity index (χ2n) is 8.68. The molecule has 2 atom stereocenters. The number of amides is 2. The summed E-state index contributed by atoms with van der Waals surface area (Å²) in [6, 6.07) is 13.3. The van der Waals surface area contributed by atoms with Crippen LogP contribution in [0.5, 0.6) is 5.75 Å². The summed E-state index contributed by atoms with van der Waals surface area (Å²) in [5, 5.41) is 0.606. The molecule has 1 aliphatic carbocycles. The number of rotatable bonds is 5. The van der Waals surface area contributed by atoms with Gasteiger partial charge < -0.3 is 14.5 Å². The molecule has 1 aliphatic heterocycles. The molecule has 1 saturated heterocycles. The van der Waals surface area contributed by atoms with E-state index in [9.17, 15) is 14.0 Å². The molecule has 2 aromatic rings. The Kier molecular flexibility index (Phi) is 5.93. The zero-order valence-corrected chi connectivity index (χ0v) is 18.4. The van der Waals surface area contributed by atoms with Gasteiger partial charge in [0.05, 0.1) is 0 Å². The molecule has 164 valence electrons. The van der Waals surface area contributed by atoms with Crippen molar-refractivity contribution < 1.29 is 18.7 Å². The molecule has 0 radical (unpaired) electrons. The first-order valence-electron chi connectivity index (χ1n) is 10.5. The maximum atomic E-state index is 13.1. The van der Waals surface area contributed by atoms with Crippen LogP contribution in [-0.2, 0) is 9.59 Å². The number of hydrogen-bond donors (Lipinski definition) is 0. The fraction of sp³-hybridized carbons (Fsp3) is 0.417. The molecule has 2 amide bonds.